The van der Waals surface area contributed by atoms with Crippen LogP contribution in [0.4, 0.5) is 4.39 Å². The van der Waals surface area contributed by atoms with E-state index in [1.54, 1.807) is 0 Å². The van der Waals surface area contributed by atoms with E-state index in [0.717, 1.165) is 25.7 Å². The fourth-order valence-electron chi connectivity index (χ4n) is 1.87. The number of carbonyl (C=O) groups is 1. The maximum atomic E-state index is 13.4. The first kappa shape index (κ1) is 20.5. The molecule has 1 rings (SSSR count). The first-order valence-corrected chi connectivity index (χ1v) is 8.94. The van der Waals surface area contributed by atoms with Gasteiger partial charge in [-0.2, -0.15) is 9.37 Å². The zero-order valence-corrected chi connectivity index (χ0v) is 16.1. The minimum Gasteiger partial charge on any atom is -0.464 e. The average molecular weight is 431 g/mol. The van der Waals surface area contributed by atoms with Crippen molar-refractivity contribution in [2.75, 3.05) is 6.61 Å². The molecule has 0 N–H and O–H groups in total. The highest BCUT2D eigenvalue weighted by atomic mass is 79.9. The van der Waals surface area contributed by atoms with Gasteiger partial charge in [0.2, 0.25) is 11.8 Å². The fourth-order valence-corrected chi connectivity index (χ4v) is 2.58. The molecule has 0 aromatic carbocycles. The average Bonchev–Trinajstić information content (AvgIpc) is 2.51. The van der Waals surface area contributed by atoms with Gasteiger partial charge in [0.1, 0.15) is 10.0 Å². The molecule has 0 radical (unpaired) electrons. The fraction of sp³-hybridized carbons (Fsp3) is 0.600. The Morgan fingerprint density at radius 1 is 1.30 bits per heavy atom. The summed E-state index contributed by atoms with van der Waals surface area (Å²) >= 11 is 14.6. The molecule has 1 aromatic heterocycles. The smallest absolute Gasteiger partial charge is 0.344 e. The molecule has 4 nitrogen and oxygen atoms in total. The predicted molar refractivity (Wildman–Crippen MR) is 91.7 cm³/mol. The number of rotatable bonds is 9. The van der Waals surface area contributed by atoms with E-state index in [9.17, 15) is 9.18 Å². The lowest BCUT2D eigenvalue weighted by molar-refractivity contribution is -0.151. The van der Waals surface area contributed by atoms with Gasteiger partial charge in [0.25, 0.3) is 0 Å². The van der Waals surface area contributed by atoms with Gasteiger partial charge >= 0.3 is 5.97 Å². The summed E-state index contributed by atoms with van der Waals surface area (Å²) in [4.78, 5) is 15.2. The molecular weight excluding hydrogens is 412 g/mol. The Morgan fingerprint density at radius 3 is 2.65 bits per heavy atom. The van der Waals surface area contributed by atoms with Gasteiger partial charge in [-0.15, -0.1) is 0 Å². The Balaban J connectivity index is 2.45. The molecule has 130 valence electrons. The number of aromatic nitrogens is 1. The molecule has 1 unspecified atom stereocenters. The van der Waals surface area contributed by atoms with Crippen LogP contribution in [0.5, 0.6) is 5.88 Å². The highest BCUT2D eigenvalue weighted by Gasteiger charge is 2.18. The van der Waals surface area contributed by atoms with Crippen LogP contribution < -0.4 is 4.74 Å². The normalized spacial score (nSPS) is 12.1. The summed E-state index contributed by atoms with van der Waals surface area (Å²) in [6.07, 6.45) is 5.05. The van der Waals surface area contributed by atoms with Gasteiger partial charge < -0.3 is 9.47 Å². The minimum atomic E-state index is -0.935. The Hall–Kier alpha value is -0.590. The van der Waals surface area contributed by atoms with E-state index in [1.807, 2.05) is 6.92 Å². The molecule has 1 atom stereocenters. The Kier molecular flexibility index (Phi) is 9.17. The minimum absolute atomic E-state index is 0.00295. The second-order valence-electron chi connectivity index (χ2n) is 5.09. The second-order valence-corrected chi connectivity index (χ2v) is 6.64. The van der Waals surface area contributed by atoms with Crippen molar-refractivity contribution in [3.8, 4) is 5.88 Å². The van der Waals surface area contributed by atoms with E-state index in [1.165, 1.54) is 6.42 Å². The molecular formula is C15H19BrCl2FNO3. The van der Waals surface area contributed by atoms with Gasteiger partial charge in [-0.3, -0.25) is 0 Å². The number of halogens is 4. The first-order valence-electron chi connectivity index (χ1n) is 7.39. The van der Waals surface area contributed by atoms with Crippen molar-refractivity contribution >= 4 is 45.1 Å². The number of hydrogen-bond acceptors (Lipinski definition) is 4. The van der Waals surface area contributed by atoms with E-state index in [4.69, 9.17) is 32.7 Å². The van der Waals surface area contributed by atoms with Gasteiger partial charge in [0.15, 0.2) is 6.61 Å². The SMILES string of the molecule is CCCCCCC(C)OC(=O)COc1nc(F)c(Cl)c(Br)c1Cl. The summed E-state index contributed by atoms with van der Waals surface area (Å²) in [5.74, 6) is -1.71. The number of ether oxygens (including phenoxy) is 2. The zero-order valence-electron chi connectivity index (χ0n) is 13.0. The van der Waals surface area contributed by atoms with Gasteiger partial charge in [0.05, 0.1) is 10.6 Å². The quantitative estimate of drug-likeness (QED) is 0.292. The van der Waals surface area contributed by atoms with E-state index < -0.39 is 18.5 Å². The molecule has 0 aliphatic rings. The number of unbranched alkanes of at least 4 members (excludes halogenated alkanes) is 3. The van der Waals surface area contributed by atoms with Crippen LogP contribution >= 0.6 is 39.1 Å². The second kappa shape index (κ2) is 10.3. The predicted octanol–water partition coefficient (Wildman–Crippen LogP) is 5.57. The highest BCUT2D eigenvalue weighted by molar-refractivity contribution is 9.10. The third-order valence-electron chi connectivity index (χ3n) is 3.08. The van der Waals surface area contributed by atoms with E-state index in [0.29, 0.717) is 0 Å². The third kappa shape index (κ3) is 6.81. The molecule has 0 amide bonds. The van der Waals surface area contributed by atoms with E-state index >= 15 is 0 Å². The third-order valence-corrected chi connectivity index (χ3v) is 5.02. The molecule has 0 aliphatic carbocycles. The Morgan fingerprint density at radius 2 is 2.00 bits per heavy atom. The van der Waals surface area contributed by atoms with Gasteiger partial charge in [0, 0.05) is 0 Å². The summed E-state index contributed by atoms with van der Waals surface area (Å²) < 4.78 is 23.9. The van der Waals surface area contributed by atoms with Crippen molar-refractivity contribution in [1.29, 1.82) is 0 Å². The molecule has 1 heterocycles. The summed E-state index contributed by atoms with van der Waals surface area (Å²) in [6, 6.07) is 0. The van der Waals surface area contributed by atoms with Crippen molar-refractivity contribution < 1.29 is 18.7 Å². The van der Waals surface area contributed by atoms with Crippen molar-refractivity contribution in [3.05, 3.63) is 20.5 Å². The van der Waals surface area contributed by atoms with Crippen LogP contribution in [0.2, 0.25) is 10.0 Å². The lowest BCUT2D eigenvalue weighted by Crippen LogP contribution is -2.21. The highest BCUT2D eigenvalue weighted by Crippen LogP contribution is 2.37. The number of pyridine rings is 1. The Bertz CT molecular complexity index is 546. The summed E-state index contributed by atoms with van der Waals surface area (Å²) in [5.41, 5.74) is 0. The van der Waals surface area contributed by atoms with Crippen LogP contribution in [-0.4, -0.2) is 23.7 Å². The maximum absolute atomic E-state index is 13.4. The molecule has 23 heavy (non-hydrogen) atoms. The topological polar surface area (TPSA) is 48.4 Å². The number of carbonyl (C=O) groups excluding carboxylic acids is 1. The van der Waals surface area contributed by atoms with Crippen molar-refractivity contribution in [1.82, 2.24) is 4.98 Å². The van der Waals surface area contributed by atoms with Gasteiger partial charge in [-0.25, -0.2) is 4.79 Å². The largest absolute Gasteiger partial charge is 0.464 e. The van der Waals surface area contributed by atoms with Crippen molar-refractivity contribution in [2.45, 2.75) is 52.1 Å². The monoisotopic (exact) mass is 429 g/mol. The summed E-state index contributed by atoms with van der Waals surface area (Å²) in [6.45, 7) is 3.56. The van der Waals surface area contributed by atoms with Crippen molar-refractivity contribution in [2.24, 2.45) is 0 Å². The van der Waals surface area contributed by atoms with Gasteiger partial charge in [-0.05, 0) is 35.7 Å². The molecule has 0 saturated heterocycles. The van der Waals surface area contributed by atoms with Crippen molar-refractivity contribution in [3.63, 3.8) is 0 Å². The van der Waals surface area contributed by atoms with E-state index in [2.05, 4.69) is 27.8 Å². The molecule has 0 saturated carbocycles. The standard InChI is InChI=1S/C15H19BrCl2FNO3/c1-3-4-5-6-7-9(2)23-10(21)8-22-15-13(18)11(16)12(17)14(19)20-15/h9H,3-8H2,1-2H3. The molecule has 0 fully saturated rings. The van der Waals surface area contributed by atoms with Crippen LogP contribution in [0, 0.1) is 5.95 Å². The summed E-state index contributed by atoms with van der Waals surface area (Å²) in [7, 11) is 0. The number of hydrogen-bond donors (Lipinski definition) is 0. The lowest BCUT2D eigenvalue weighted by Gasteiger charge is -2.14. The molecule has 0 bridgehead atoms. The number of esters is 1. The van der Waals surface area contributed by atoms with Crippen LogP contribution in [0.15, 0.2) is 4.47 Å². The molecule has 0 spiro atoms. The lowest BCUT2D eigenvalue weighted by atomic mass is 10.1. The molecule has 8 heteroatoms. The maximum Gasteiger partial charge on any atom is 0.344 e. The zero-order chi connectivity index (χ0) is 17.4. The van der Waals surface area contributed by atoms with Crippen LogP contribution in [0.25, 0.3) is 0 Å². The van der Waals surface area contributed by atoms with E-state index in [-0.39, 0.29) is 26.5 Å². The molecule has 1 aromatic rings. The Labute approximate surface area is 153 Å². The van der Waals surface area contributed by atoms with Crippen LogP contribution in [-0.2, 0) is 9.53 Å². The van der Waals surface area contributed by atoms with Crippen LogP contribution in [0.3, 0.4) is 0 Å². The number of nitrogens with zero attached hydrogens (tertiary/aromatic N) is 1. The van der Waals surface area contributed by atoms with Crippen LogP contribution in [0.1, 0.15) is 46.0 Å². The first-order chi connectivity index (χ1) is 10.9. The summed E-state index contributed by atoms with van der Waals surface area (Å²) in [5, 5.41) is -0.248. The van der Waals surface area contributed by atoms with Gasteiger partial charge in [-0.1, -0.05) is 49.4 Å². The molecule has 0 aliphatic heterocycles.